The number of amides is 1. The monoisotopic (exact) mass is 409 g/mol. The maximum atomic E-state index is 13.2. The minimum absolute atomic E-state index is 0.0871. The highest BCUT2D eigenvalue weighted by Gasteiger charge is 2.44. The largest absolute Gasteiger partial charge is 0.391 e. The molecule has 5 rings (SSSR count). The number of nitrogens with zero attached hydrogens (tertiary/aromatic N) is 5. The van der Waals surface area contributed by atoms with Crippen molar-refractivity contribution in [2.24, 2.45) is 11.8 Å². The Balaban J connectivity index is 1.26. The number of aromatic nitrogens is 2. The van der Waals surface area contributed by atoms with Gasteiger partial charge in [0.05, 0.1) is 11.8 Å². The molecule has 3 heterocycles. The molecule has 1 amide bonds. The molecule has 1 aromatic carbocycles. The van der Waals surface area contributed by atoms with Gasteiger partial charge in [0.2, 0.25) is 0 Å². The molecule has 2 aliphatic heterocycles. The minimum atomic E-state index is -0.284. The van der Waals surface area contributed by atoms with Crippen LogP contribution < -0.4 is 0 Å². The number of aliphatic hydroxyl groups is 1. The lowest BCUT2D eigenvalue weighted by Gasteiger charge is -2.44. The van der Waals surface area contributed by atoms with Crippen molar-refractivity contribution in [2.45, 2.75) is 25.0 Å². The fourth-order valence-electron chi connectivity index (χ4n) is 5.50. The standard InChI is InChI=1S/C23H31N5O2/c1-25-8-10-26(11-9-25)21-13-18-15-27(16-19(18)14-22(21)29)23(30)17-4-2-5-20(12-17)28-7-3-6-24-28/h2-7,12,18-19,21-22,29H,8-11,13-16H2,1H3/t18-,19+,21-,22-/m1/s1. The minimum Gasteiger partial charge on any atom is -0.391 e. The highest BCUT2D eigenvalue weighted by molar-refractivity contribution is 5.95. The van der Waals surface area contributed by atoms with Crippen LogP contribution >= 0.6 is 0 Å². The lowest BCUT2D eigenvalue weighted by Crippen LogP contribution is -2.55. The highest BCUT2D eigenvalue weighted by Crippen LogP contribution is 2.39. The van der Waals surface area contributed by atoms with Crippen molar-refractivity contribution in [1.29, 1.82) is 0 Å². The summed E-state index contributed by atoms with van der Waals surface area (Å²) in [5, 5.41) is 15.1. The SMILES string of the molecule is CN1CCN([C@@H]2C[C@@H]3CN(C(=O)c4cccc(-n5cccn5)c4)C[C@@H]3C[C@H]2O)CC1. The fourth-order valence-corrected chi connectivity index (χ4v) is 5.50. The van der Waals surface area contributed by atoms with Gasteiger partial charge in [-0.15, -0.1) is 0 Å². The van der Waals surface area contributed by atoms with Crippen LogP contribution in [0, 0.1) is 11.8 Å². The molecule has 0 radical (unpaired) electrons. The summed E-state index contributed by atoms with van der Waals surface area (Å²) in [5.74, 6) is 0.974. The number of piperazine rings is 1. The van der Waals surface area contributed by atoms with E-state index in [0.29, 0.717) is 17.4 Å². The third-order valence-corrected chi connectivity index (χ3v) is 7.27. The van der Waals surface area contributed by atoms with Crippen molar-refractivity contribution >= 4 is 5.91 Å². The van der Waals surface area contributed by atoms with Crippen LogP contribution in [-0.4, -0.2) is 94.0 Å². The molecule has 1 aromatic heterocycles. The third kappa shape index (κ3) is 3.77. The Morgan fingerprint density at radius 2 is 1.83 bits per heavy atom. The third-order valence-electron chi connectivity index (χ3n) is 7.27. The van der Waals surface area contributed by atoms with Crippen LogP contribution in [0.2, 0.25) is 0 Å². The number of carbonyl (C=O) groups excluding carboxylic acids is 1. The van der Waals surface area contributed by atoms with Gasteiger partial charge in [-0.2, -0.15) is 5.10 Å². The van der Waals surface area contributed by atoms with Crippen molar-refractivity contribution in [3.05, 3.63) is 48.3 Å². The lowest BCUT2D eigenvalue weighted by molar-refractivity contribution is -0.0249. The molecular formula is C23H31N5O2. The second-order valence-corrected chi connectivity index (χ2v) is 9.18. The predicted molar refractivity (Wildman–Crippen MR) is 115 cm³/mol. The molecule has 0 unspecified atom stereocenters. The summed E-state index contributed by atoms with van der Waals surface area (Å²) >= 11 is 0. The highest BCUT2D eigenvalue weighted by atomic mass is 16.3. The summed E-state index contributed by atoms with van der Waals surface area (Å²) in [4.78, 5) is 20.0. The van der Waals surface area contributed by atoms with E-state index in [0.717, 1.165) is 57.8 Å². The molecular weight excluding hydrogens is 378 g/mol. The van der Waals surface area contributed by atoms with E-state index in [1.54, 1.807) is 10.9 Å². The number of aliphatic hydroxyl groups excluding tert-OH is 1. The quantitative estimate of drug-likeness (QED) is 0.829. The number of hydrogen-bond donors (Lipinski definition) is 1. The number of likely N-dealkylation sites (tertiary alicyclic amines) is 1. The van der Waals surface area contributed by atoms with E-state index in [-0.39, 0.29) is 18.1 Å². The Kier molecular flexibility index (Phi) is 5.35. The number of rotatable bonds is 3. The van der Waals surface area contributed by atoms with Gasteiger partial charge in [0.25, 0.3) is 5.91 Å². The van der Waals surface area contributed by atoms with Gasteiger partial charge in [0, 0.05) is 63.3 Å². The van der Waals surface area contributed by atoms with Gasteiger partial charge in [-0.25, -0.2) is 4.68 Å². The Hall–Kier alpha value is -2.22. The summed E-state index contributed by atoms with van der Waals surface area (Å²) in [6.45, 7) is 5.73. The van der Waals surface area contributed by atoms with E-state index < -0.39 is 0 Å². The molecule has 7 heteroatoms. The van der Waals surface area contributed by atoms with E-state index in [1.165, 1.54) is 0 Å². The predicted octanol–water partition coefficient (Wildman–Crippen LogP) is 1.33. The van der Waals surface area contributed by atoms with E-state index in [9.17, 15) is 9.90 Å². The summed E-state index contributed by atoms with van der Waals surface area (Å²) < 4.78 is 1.78. The van der Waals surface area contributed by atoms with Crippen LogP contribution in [0.4, 0.5) is 0 Å². The van der Waals surface area contributed by atoms with Crippen LogP contribution in [0.15, 0.2) is 42.7 Å². The average molecular weight is 410 g/mol. The zero-order valence-electron chi connectivity index (χ0n) is 17.6. The van der Waals surface area contributed by atoms with Gasteiger partial charge < -0.3 is 14.9 Å². The first-order chi connectivity index (χ1) is 14.6. The van der Waals surface area contributed by atoms with E-state index in [4.69, 9.17) is 0 Å². The Bertz CT molecular complexity index is 877. The number of carbonyl (C=O) groups is 1. The first-order valence-corrected chi connectivity index (χ1v) is 11.1. The number of fused-ring (bicyclic) bond motifs is 1. The van der Waals surface area contributed by atoms with Gasteiger partial charge in [0.15, 0.2) is 0 Å². The summed E-state index contributed by atoms with van der Waals surface area (Å²) in [6.07, 6.45) is 5.13. The van der Waals surface area contributed by atoms with Gasteiger partial charge in [-0.1, -0.05) is 6.07 Å². The molecule has 160 valence electrons. The molecule has 0 bridgehead atoms. The molecule has 1 saturated carbocycles. The maximum Gasteiger partial charge on any atom is 0.253 e. The smallest absolute Gasteiger partial charge is 0.253 e. The van der Waals surface area contributed by atoms with Crippen LogP contribution in [0.1, 0.15) is 23.2 Å². The van der Waals surface area contributed by atoms with Crippen molar-refractivity contribution in [3.63, 3.8) is 0 Å². The van der Waals surface area contributed by atoms with E-state index >= 15 is 0 Å². The first-order valence-electron chi connectivity index (χ1n) is 11.1. The van der Waals surface area contributed by atoms with Gasteiger partial charge in [-0.05, 0) is 56.0 Å². The molecule has 1 N–H and O–H groups in total. The van der Waals surface area contributed by atoms with Crippen LogP contribution in [0.3, 0.4) is 0 Å². The van der Waals surface area contributed by atoms with Gasteiger partial charge >= 0.3 is 0 Å². The van der Waals surface area contributed by atoms with Crippen molar-refractivity contribution in [2.75, 3.05) is 46.3 Å². The van der Waals surface area contributed by atoms with Gasteiger partial charge in [-0.3, -0.25) is 9.69 Å². The molecule has 4 atom stereocenters. The molecule has 0 spiro atoms. The van der Waals surface area contributed by atoms with Crippen molar-refractivity contribution < 1.29 is 9.90 Å². The topological polar surface area (TPSA) is 64.8 Å². The van der Waals surface area contributed by atoms with Crippen molar-refractivity contribution in [1.82, 2.24) is 24.5 Å². The zero-order valence-corrected chi connectivity index (χ0v) is 17.6. The lowest BCUT2D eigenvalue weighted by atomic mass is 9.77. The first kappa shape index (κ1) is 19.7. The summed E-state index contributed by atoms with van der Waals surface area (Å²) in [7, 11) is 2.16. The summed E-state index contributed by atoms with van der Waals surface area (Å²) in [6, 6.07) is 9.80. The van der Waals surface area contributed by atoms with E-state index in [2.05, 4.69) is 21.9 Å². The normalized spacial score (nSPS) is 30.4. The van der Waals surface area contributed by atoms with E-state index in [1.807, 2.05) is 41.4 Å². The maximum absolute atomic E-state index is 13.2. The van der Waals surface area contributed by atoms with Crippen molar-refractivity contribution in [3.8, 4) is 5.69 Å². The Morgan fingerprint density at radius 1 is 1.07 bits per heavy atom. The fraction of sp³-hybridized carbons (Fsp3) is 0.565. The molecule has 2 saturated heterocycles. The molecule has 30 heavy (non-hydrogen) atoms. The Labute approximate surface area is 177 Å². The second-order valence-electron chi connectivity index (χ2n) is 9.18. The van der Waals surface area contributed by atoms with Crippen LogP contribution in [-0.2, 0) is 0 Å². The molecule has 3 aliphatic rings. The number of benzene rings is 1. The average Bonchev–Trinajstić information content (AvgIpc) is 3.43. The van der Waals surface area contributed by atoms with Crippen LogP contribution in [0.5, 0.6) is 0 Å². The zero-order chi connectivity index (χ0) is 20.7. The van der Waals surface area contributed by atoms with Crippen LogP contribution in [0.25, 0.3) is 5.69 Å². The molecule has 7 nitrogen and oxygen atoms in total. The Morgan fingerprint density at radius 3 is 2.57 bits per heavy atom. The molecule has 1 aliphatic carbocycles. The second kappa shape index (κ2) is 8.13. The summed E-state index contributed by atoms with van der Waals surface area (Å²) in [5.41, 5.74) is 1.60. The number of hydrogen-bond acceptors (Lipinski definition) is 5. The molecule has 3 fully saturated rings. The number of likely N-dealkylation sites (N-methyl/N-ethyl adjacent to an activating group) is 1. The molecule has 2 aromatic rings. The van der Waals surface area contributed by atoms with Gasteiger partial charge in [0.1, 0.15) is 0 Å².